The smallest absolute Gasteiger partial charge is 0.261 e. The molecule has 1 aliphatic heterocycles. The summed E-state index contributed by atoms with van der Waals surface area (Å²) in [7, 11) is 0. The van der Waals surface area contributed by atoms with Gasteiger partial charge in [-0.15, -0.1) is 11.8 Å². The Bertz CT molecular complexity index is 839. The number of amides is 1. The third-order valence-electron chi connectivity index (χ3n) is 3.97. The van der Waals surface area contributed by atoms with Crippen molar-refractivity contribution in [3.63, 3.8) is 0 Å². The Morgan fingerprint density at radius 2 is 2.04 bits per heavy atom. The summed E-state index contributed by atoms with van der Waals surface area (Å²) in [4.78, 5) is 27.2. The molecule has 0 saturated carbocycles. The first kappa shape index (κ1) is 15.6. The van der Waals surface area contributed by atoms with E-state index < -0.39 is 0 Å². The second-order valence-electron chi connectivity index (χ2n) is 5.66. The average molecular weight is 326 g/mol. The van der Waals surface area contributed by atoms with Gasteiger partial charge in [-0.2, -0.15) is 0 Å². The molecule has 1 aliphatic rings. The van der Waals surface area contributed by atoms with Gasteiger partial charge in [-0.05, 0) is 54.1 Å². The lowest BCUT2D eigenvalue weighted by Gasteiger charge is -2.10. The number of hydrogen-bond donors (Lipinski definition) is 2. The first-order valence-corrected chi connectivity index (χ1v) is 8.49. The van der Waals surface area contributed by atoms with E-state index in [1.165, 1.54) is 5.56 Å². The molecule has 2 heterocycles. The molecule has 23 heavy (non-hydrogen) atoms. The van der Waals surface area contributed by atoms with Gasteiger partial charge >= 0.3 is 0 Å². The third kappa shape index (κ3) is 3.40. The summed E-state index contributed by atoms with van der Waals surface area (Å²) >= 11 is 1.64. The van der Waals surface area contributed by atoms with Crippen LogP contribution in [0.25, 0.3) is 11.3 Å². The highest BCUT2D eigenvalue weighted by Gasteiger charge is 2.17. The molecule has 4 nitrogen and oxygen atoms in total. The molecule has 0 saturated heterocycles. The summed E-state index contributed by atoms with van der Waals surface area (Å²) in [5.74, 6) is 0.472. The van der Waals surface area contributed by atoms with Gasteiger partial charge in [-0.3, -0.25) is 9.59 Å². The van der Waals surface area contributed by atoms with Crippen molar-refractivity contribution in [1.82, 2.24) is 10.3 Å². The van der Waals surface area contributed by atoms with E-state index in [0.717, 1.165) is 16.9 Å². The molecule has 1 atom stereocenters. The first-order chi connectivity index (χ1) is 11.0. The van der Waals surface area contributed by atoms with Crippen LogP contribution in [0, 0.1) is 13.8 Å². The van der Waals surface area contributed by atoms with Crippen LogP contribution in [-0.2, 0) is 0 Å². The van der Waals surface area contributed by atoms with E-state index >= 15 is 0 Å². The van der Waals surface area contributed by atoms with Crippen LogP contribution in [-0.4, -0.2) is 22.7 Å². The van der Waals surface area contributed by atoms with Gasteiger partial charge in [-0.1, -0.05) is 18.2 Å². The number of rotatable bonds is 3. The zero-order chi connectivity index (χ0) is 16.4. The van der Waals surface area contributed by atoms with Crippen molar-refractivity contribution in [1.29, 1.82) is 0 Å². The Labute approximate surface area is 139 Å². The zero-order valence-electron chi connectivity index (χ0n) is 13.1. The normalized spacial score (nSPS) is 16.5. The molecule has 0 radical (unpaired) electrons. The molecule has 0 spiro atoms. The lowest BCUT2D eigenvalue weighted by molar-refractivity contribution is 0.0946. The molecule has 1 unspecified atom stereocenters. The molecule has 3 rings (SSSR count). The standard InChI is InChI=1S/C18H18N2O2S/c1-11-3-4-13(9-12(11)2)16-6-5-15(18(22)20-16)17(21)19-14-7-8-23-10-14/h3-9,14H,10H2,1-2H3,(H,19,21)(H,20,22). The number of aryl methyl sites for hydroxylation is 2. The predicted molar refractivity (Wildman–Crippen MR) is 94.8 cm³/mol. The Morgan fingerprint density at radius 1 is 1.22 bits per heavy atom. The van der Waals surface area contributed by atoms with Crippen LogP contribution in [0.1, 0.15) is 21.5 Å². The number of pyridine rings is 1. The van der Waals surface area contributed by atoms with Crippen molar-refractivity contribution in [3.8, 4) is 11.3 Å². The number of hydrogen-bond acceptors (Lipinski definition) is 3. The number of benzene rings is 1. The quantitative estimate of drug-likeness (QED) is 0.911. The fourth-order valence-electron chi connectivity index (χ4n) is 2.43. The molecule has 0 bridgehead atoms. The van der Waals surface area contributed by atoms with Crippen LogP contribution >= 0.6 is 11.8 Å². The van der Waals surface area contributed by atoms with E-state index in [9.17, 15) is 9.59 Å². The molecule has 2 N–H and O–H groups in total. The number of H-pyrrole nitrogens is 1. The highest BCUT2D eigenvalue weighted by molar-refractivity contribution is 8.02. The topological polar surface area (TPSA) is 62.0 Å². The van der Waals surface area contributed by atoms with E-state index in [1.807, 2.05) is 43.5 Å². The van der Waals surface area contributed by atoms with E-state index in [-0.39, 0.29) is 23.1 Å². The SMILES string of the molecule is Cc1ccc(-c2ccc(C(=O)NC3C=CSC3)c(=O)[nH]2)cc1C. The molecule has 1 aromatic carbocycles. The highest BCUT2D eigenvalue weighted by Crippen LogP contribution is 2.19. The van der Waals surface area contributed by atoms with Crippen LogP contribution in [0.5, 0.6) is 0 Å². The van der Waals surface area contributed by atoms with Gasteiger partial charge in [0.15, 0.2) is 0 Å². The summed E-state index contributed by atoms with van der Waals surface area (Å²) in [5, 5.41) is 4.80. The molecule has 0 aliphatic carbocycles. The fourth-order valence-corrected chi connectivity index (χ4v) is 3.24. The van der Waals surface area contributed by atoms with Crippen LogP contribution < -0.4 is 10.9 Å². The van der Waals surface area contributed by atoms with Crippen LogP contribution in [0.15, 0.2) is 46.6 Å². The van der Waals surface area contributed by atoms with Gasteiger partial charge in [-0.25, -0.2) is 0 Å². The highest BCUT2D eigenvalue weighted by atomic mass is 32.2. The van der Waals surface area contributed by atoms with Crippen LogP contribution in [0.4, 0.5) is 0 Å². The van der Waals surface area contributed by atoms with Crippen molar-refractivity contribution < 1.29 is 4.79 Å². The number of aromatic nitrogens is 1. The Kier molecular flexibility index (Phi) is 4.39. The molecular formula is C18H18N2O2S. The summed E-state index contributed by atoms with van der Waals surface area (Å²) in [6, 6.07) is 9.37. The summed E-state index contributed by atoms with van der Waals surface area (Å²) in [5.41, 5.74) is 3.79. The Morgan fingerprint density at radius 3 is 2.70 bits per heavy atom. The van der Waals surface area contributed by atoms with Crippen molar-refractivity contribution in [2.75, 3.05) is 5.75 Å². The monoisotopic (exact) mass is 326 g/mol. The maximum atomic E-state index is 12.2. The van der Waals surface area contributed by atoms with Crippen molar-refractivity contribution in [3.05, 3.63) is 68.9 Å². The van der Waals surface area contributed by atoms with Crippen LogP contribution in [0.3, 0.4) is 0 Å². The second kappa shape index (κ2) is 6.46. The van der Waals surface area contributed by atoms with Gasteiger partial charge < -0.3 is 10.3 Å². The lowest BCUT2D eigenvalue weighted by atomic mass is 10.0. The van der Waals surface area contributed by atoms with E-state index in [1.54, 1.807) is 23.9 Å². The van der Waals surface area contributed by atoms with E-state index in [2.05, 4.69) is 10.3 Å². The molecule has 1 amide bonds. The van der Waals surface area contributed by atoms with Crippen molar-refractivity contribution >= 4 is 17.7 Å². The van der Waals surface area contributed by atoms with Crippen LogP contribution in [0.2, 0.25) is 0 Å². The van der Waals surface area contributed by atoms with E-state index in [0.29, 0.717) is 5.69 Å². The molecule has 1 aromatic heterocycles. The maximum Gasteiger partial charge on any atom is 0.261 e. The molecule has 2 aromatic rings. The lowest BCUT2D eigenvalue weighted by Crippen LogP contribution is -2.36. The number of aromatic amines is 1. The Hall–Kier alpha value is -2.27. The van der Waals surface area contributed by atoms with Gasteiger partial charge in [0.25, 0.3) is 11.5 Å². The summed E-state index contributed by atoms with van der Waals surface area (Å²) in [6.07, 6.45) is 1.93. The number of carbonyl (C=O) groups is 1. The average Bonchev–Trinajstić information content (AvgIpc) is 3.02. The molecule has 0 fully saturated rings. The Balaban J connectivity index is 1.85. The number of nitrogens with one attached hydrogen (secondary N) is 2. The van der Waals surface area contributed by atoms with Gasteiger partial charge in [0.2, 0.25) is 0 Å². The number of thioether (sulfide) groups is 1. The first-order valence-electron chi connectivity index (χ1n) is 7.44. The van der Waals surface area contributed by atoms with Gasteiger partial charge in [0.1, 0.15) is 5.56 Å². The van der Waals surface area contributed by atoms with E-state index in [4.69, 9.17) is 0 Å². The van der Waals surface area contributed by atoms with Gasteiger partial charge in [0.05, 0.1) is 6.04 Å². The van der Waals surface area contributed by atoms with Crippen molar-refractivity contribution in [2.24, 2.45) is 0 Å². The largest absolute Gasteiger partial charge is 0.345 e. The molecular weight excluding hydrogens is 308 g/mol. The molecule has 118 valence electrons. The fraction of sp³-hybridized carbons (Fsp3) is 0.222. The summed E-state index contributed by atoms with van der Waals surface area (Å²) < 4.78 is 0. The van der Waals surface area contributed by atoms with Gasteiger partial charge in [0, 0.05) is 11.4 Å². The second-order valence-corrected chi connectivity index (χ2v) is 6.59. The minimum Gasteiger partial charge on any atom is -0.345 e. The summed E-state index contributed by atoms with van der Waals surface area (Å²) in [6.45, 7) is 4.08. The minimum atomic E-state index is -0.368. The zero-order valence-corrected chi connectivity index (χ0v) is 13.9. The predicted octanol–water partition coefficient (Wildman–Crippen LogP) is 3.02. The van der Waals surface area contributed by atoms with Crippen molar-refractivity contribution in [2.45, 2.75) is 19.9 Å². The number of carbonyl (C=O) groups excluding carboxylic acids is 1. The molecule has 5 heteroatoms. The maximum absolute atomic E-state index is 12.2. The third-order valence-corrected chi connectivity index (χ3v) is 4.87. The minimum absolute atomic E-state index is 0.00803.